The number of carbonyl (C=O) groups excluding carboxylic acids is 1. The Hall–Kier alpha value is -2.40. The van der Waals surface area contributed by atoms with Gasteiger partial charge in [-0.1, -0.05) is 59.7 Å². The second-order valence-corrected chi connectivity index (χ2v) is 8.81. The van der Waals surface area contributed by atoms with Gasteiger partial charge < -0.3 is 25.0 Å². The van der Waals surface area contributed by atoms with Gasteiger partial charge in [-0.3, -0.25) is 4.79 Å². The topological polar surface area (TPSA) is 88.6 Å². The third kappa shape index (κ3) is 10.9. The van der Waals surface area contributed by atoms with Crippen molar-refractivity contribution in [3.8, 4) is 0 Å². The fourth-order valence-electron chi connectivity index (χ4n) is 4.05. The maximum Gasteiger partial charge on any atom is 0.300 e. The van der Waals surface area contributed by atoms with Crippen LogP contribution in [0.3, 0.4) is 0 Å². The highest BCUT2D eigenvalue weighted by Crippen LogP contribution is 2.34. The summed E-state index contributed by atoms with van der Waals surface area (Å²) in [5.74, 6) is -2.41. The first kappa shape index (κ1) is 35.6. The van der Waals surface area contributed by atoms with Crippen LogP contribution in [-0.4, -0.2) is 73.4 Å². The number of benzene rings is 1. The van der Waals surface area contributed by atoms with Gasteiger partial charge in [0.25, 0.3) is 5.92 Å². The molecule has 2 aliphatic rings. The van der Waals surface area contributed by atoms with Crippen LogP contribution in [0.4, 0.5) is 14.6 Å². The number of nitrogens with one attached hydrogen (secondary N) is 2. The number of halogens is 3. The Balaban J connectivity index is 0.000000561. The van der Waals surface area contributed by atoms with Gasteiger partial charge in [0.05, 0.1) is 25.5 Å². The minimum atomic E-state index is -3.06. The number of rotatable bonds is 8. The van der Waals surface area contributed by atoms with Crippen LogP contribution in [0.15, 0.2) is 24.3 Å². The van der Waals surface area contributed by atoms with E-state index in [1.54, 1.807) is 11.0 Å². The number of anilines is 1. The first-order chi connectivity index (χ1) is 19.4. The highest BCUT2D eigenvalue weighted by Gasteiger charge is 2.43. The fraction of sp³-hybridized carbons (Fsp3) is 0.621. The van der Waals surface area contributed by atoms with E-state index < -0.39 is 12.0 Å². The van der Waals surface area contributed by atoms with Crippen LogP contribution in [0.5, 0.6) is 0 Å². The lowest BCUT2D eigenvalue weighted by Crippen LogP contribution is -2.47. The molecule has 2 aromatic rings. The van der Waals surface area contributed by atoms with Crippen LogP contribution < -0.4 is 10.6 Å². The summed E-state index contributed by atoms with van der Waals surface area (Å²) in [6, 6.07) is 6.40. The Morgan fingerprint density at radius 2 is 1.82 bits per heavy atom. The lowest BCUT2D eigenvalue weighted by molar-refractivity contribution is -0.151. The van der Waals surface area contributed by atoms with E-state index in [1.165, 1.54) is 12.1 Å². The number of aromatic nitrogens is 2. The highest BCUT2D eigenvalue weighted by molar-refractivity contribution is 6.28. The molecule has 3 heterocycles. The zero-order valence-electron chi connectivity index (χ0n) is 24.7. The van der Waals surface area contributed by atoms with E-state index in [1.807, 2.05) is 47.6 Å². The lowest BCUT2D eigenvalue weighted by atomic mass is 10.00. The Bertz CT molecular complexity index is 988. The molecule has 11 heteroatoms. The fourth-order valence-corrected chi connectivity index (χ4v) is 4.24. The predicted octanol–water partition coefficient (Wildman–Crippen LogP) is 5.47. The minimum absolute atomic E-state index is 0.0498. The predicted molar refractivity (Wildman–Crippen MR) is 157 cm³/mol. The number of alkyl halides is 2. The lowest BCUT2D eigenvalue weighted by Gasteiger charge is -2.31. The van der Waals surface area contributed by atoms with E-state index in [2.05, 4.69) is 20.6 Å². The number of carbonyl (C=O) groups is 1. The Morgan fingerprint density at radius 1 is 1.12 bits per heavy atom. The first-order valence-corrected chi connectivity index (χ1v) is 14.6. The van der Waals surface area contributed by atoms with Gasteiger partial charge in [0, 0.05) is 43.9 Å². The number of morpholine rings is 2. The van der Waals surface area contributed by atoms with Crippen molar-refractivity contribution in [2.45, 2.75) is 73.0 Å². The zero-order chi connectivity index (χ0) is 30.0. The summed E-state index contributed by atoms with van der Waals surface area (Å²) >= 11 is 6.03. The molecule has 0 bridgehead atoms. The molecule has 0 radical (unpaired) electrons. The van der Waals surface area contributed by atoms with Crippen LogP contribution in [0.2, 0.25) is 5.28 Å². The third-order valence-corrected chi connectivity index (χ3v) is 6.22. The summed E-state index contributed by atoms with van der Waals surface area (Å²) < 4.78 is 39.9. The van der Waals surface area contributed by atoms with Crippen molar-refractivity contribution in [1.82, 2.24) is 20.2 Å². The van der Waals surface area contributed by atoms with Crippen LogP contribution in [0.25, 0.3) is 0 Å². The molecule has 8 nitrogen and oxygen atoms in total. The Kier molecular flexibility index (Phi) is 17.5. The normalized spacial score (nSPS) is 16.7. The van der Waals surface area contributed by atoms with Gasteiger partial charge in [0.2, 0.25) is 11.7 Å². The molecule has 40 heavy (non-hydrogen) atoms. The minimum Gasteiger partial charge on any atom is -0.378 e. The number of hydrogen-bond donors (Lipinski definition) is 2. The van der Waals surface area contributed by atoms with E-state index in [4.69, 9.17) is 21.1 Å². The van der Waals surface area contributed by atoms with Gasteiger partial charge in [0.15, 0.2) is 0 Å². The second-order valence-electron chi connectivity index (χ2n) is 8.47. The van der Waals surface area contributed by atoms with E-state index >= 15 is 0 Å². The van der Waals surface area contributed by atoms with Crippen molar-refractivity contribution in [1.29, 1.82) is 0 Å². The molecule has 2 fully saturated rings. The quantitative estimate of drug-likeness (QED) is 0.313. The van der Waals surface area contributed by atoms with Gasteiger partial charge in [-0.05, 0) is 36.1 Å². The summed E-state index contributed by atoms with van der Waals surface area (Å²) in [6.45, 7) is 16.3. The van der Waals surface area contributed by atoms with Gasteiger partial charge in [-0.25, -0.2) is 9.97 Å². The van der Waals surface area contributed by atoms with Gasteiger partial charge in [0.1, 0.15) is 11.9 Å². The molecule has 4 rings (SSSR count). The molecular formula is C29H46ClF2N5O3. The molecule has 0 aliphatic carbocycles. The first-order valence-electron chi connectivity index (χ1n) is 14.2. The van der Waals surface area contributed by atoms with Crippen molar-refractivity contribution in [2.75, 3.05) is 51.3 Å². The smallest absolute Gasteiger partial charge is 0.300 e. The summed E-state index contributed by atoms with van der Waals surface area (Å²) in [7, 11) is 0. The molecule has 2 N–H and O–H groups in total. The number of aryl methyl sites for hydroxylation is 1. The molecule has 1 aromatic heterocycles. The maximum atomic E-state index is 14.8. The van der Waals surface area contributed by atoms with Crippen molar-refractivity contribution in [3.63, 3.8) is 0 Å². The van der Waals surface area contributed by atoms with Crippen LogP contribution >= 0.6 is 11.6 Å². The van der Waals surface area contributed by atoms with Crippen LogP contribution in [0, 0.1) is 0 Å². The average molecular weight is 586 g/mol. The molecule has 0 saturated carbocycles. The molecule has 0 spiro atoms. The summed E-state index contributed by atoms with van der Waals surface area (Å²) in [4.78, 5) is 20.3. The van der Waals surface area contributed by atoms with Crippen LogP contribution in [-0.2, 0) is 39.6 Å². The molecule has 2 saturated heterocycles. The van der Waals surface area contributed by atoms with Gasteiger partial charge in [-0.2, -0.15) is 8.78 Å². The zero-order valence-corrected chi connectivity index (χ0v) is 25.5. The number of nitrogens with zero attached hydrogens (tertiary/aromatic N) is 3. The van der Waals surface area contributed by atoms with E-state index in [0.717, 1.165) is 49.2 Å². The average Bonchev–Trinajstić information content (AvgIpc) is 3.03. The largest absolute Gasteiger partial charge is 0.378 e. The standard InChI is InChI=1S/C20H25ClF2N4O.C5H9NO2.2C2H6/c1-3-15-16(4-2)26-19(21)27-18(15)25-11-13-6-5-7-14(10-13)20(22,23)17-12-24-8-9-28-17;7-5-6-1-3-8-4-2-6;2*1-2/h5-7,10,17,24H,3-4,8-9,11-12H2,1-2H3,(H,25,26,27);5H,1-4H2;2*1-2H3. The van der Waals surface area contributed by atoms with Crippen molar-refractivity contribution in [2.24, 2.45) is 0 Å². The Labute approximate surface area is 243 Å². The monoisotopic (exact) mass is 585 g/mol. The summed E-state index contributed by atoms with van der Waals surface area (Å²) in [5.41, 5.74) is 2.57. The van der Waals surface area contributed by atoms with Gasteiger partial charge >= 0.3 is 0 Å². The second kappa shape index (κ2) is 19.6. The molecule has 226 valence electrons. The third-order valence-electron chi connectivity index (χ3n) is 6.05. The van der Waals surface area contributed by atoms with Gasteiger partial charge in [-0.15, -0.1) is 0 Å². The number of hydrogen-bond acceptors (Lipinski definition) is 7. The van der Waals surface area contributed by atoms with Crippen molar-refractivity contribution >= 4 is 23.8 Å². The van der Waals surface area contributed by atoms with E-state index in [0.29, 0.717) is 32.1 Å². The van der Waals surface area contributed by atoms with Crippen LogP contribution in [0.1, 0.15) is 63.9 Å². The molecule has 1 amide bonds. The molecule has 1 aromatic carbocycles. The number of ether oxygens (including phenoxy) is 2. The SMILES string of the molecule is CC.CC.CCc1nc(Cl)nc(NCc2cccc(C(F)(F)C3CNCCO3)c2)c1CC.O=CN1CCOCC1. The maximum absolute atomic E-state index is 14.8. The summed E-state index contributed by atoms with van der Waals surface area (Å²) in [5, 5.41) is 6.37. The Morgan fingerprint density at radius 3 is 2.38 bits per heavy atom. The summed E-state index contributed by atoms with van der Waals surface area (Å²) in [6.07, 6.45) is 1.20. The molecular weight excluding hydrogens is 540 g/mol. The molecule has 2 aliphatic heterocycles. The van der Waals surface area contributed by atoms with Crippen molar-refractivity contribution < 1.29 is 23.0 Å². The number of amides is 1. The van der Waals surface area contributed by atoms with E-state index in [-0.39, 0.29) is 24.0 Å². The highest BCUT2D eigenvalue weighted by atomic mass is 35.5. The molecule has 1 atom stereocenters. The van der Waals surface area contributed by atoms with E-state index in [9.17, 15) is 13.6 Å². The molecule has 1 unspecified atom stereocenters. The van der Waals surface area contributed by atoms with Crippen molar-refractivity contribution in [3.05, 3.63) is 51.9 Å².